The molecule has 0 saturated heterocycles. The minimum Gasteiger partial charge on any atom is -0.497 e. The molecule has 0 bridgehead atoms. The van der Waals surface area contributed by atoms with Crippen molar-refractivity contribution in [1.82, 2.24) is 5.32 Å². The third-order valence-corrected chi connectivity index (χ3v) is 3.07. The van der Waals surface area contributed by atoms with Crippen molar-refractivity contribution < 1.29 is 14.2 Å². The zero-order chi connectivity index (χ0) is 14.5. The highest BCUT2D eigenvalue weighted by Crippen LogP contribution is 2.11. The van der Waals surface area contributed by atoms with Gasteiger partial charge in [0.05, 0.1) is 20.3 Å². The molecular formula is C16H27NO3. The molecule has 4 nitrogen and oxygen atoms in total. The van der Waals surface area contributed by atoms with Crippen LogP contribution in [0.1, 0.15) is 18.4 Å². The van der Waals surface area contributed by atoms with Crippen LogP contribution in [0.3, 0.4) is 0 Å². The van der Waals surface area contributed by atoms with Gasteiger partial charge in [0.25, 0.3) is 0 Å². The lowest BCUT2D eigenvalue weighted by molar-refractivity contribution is 0.0688. The monoisotopic (exact) mass is 281 g/mol. The van der Waals surface area contributed by atoms with Crippen molar-refractivity contribution >= 4 is 0 Å². The molecule has 0 aromatic heterocycles. The second-order valence-corrected chi connectivity index (χ2v) is 4.66. The lowest BCUT2D eigenvalue weighted by Gasteiger charge is -2.06. The van der Waals surface area contributed by atoms with E-state index >= 15 is 0 Å². The molecule has 20 heavy (non-hydrogen) atoms. The van der Waals surface area contributed by atoms with E-state index in [1.54, 1.807) is 14.2 Å². The molecule has 0 unspecified atom stereocenters. The zero-order valence-corrected chi connectivity index (χ0v) is 12.7. The molecule has 0 aliphatic carbocycles. The Morgan fingerprint density at radius 1 is 0.900 bits per heavy atom. The molecule has 0 aliphatic heterocycles. The molecule has 4 heteroatoms. The average molecular weight is 281 g/mol. The van der Waals surface area contributed by atoms with E-state index in [2.05, 4.69) is 17.4 Å². The Labute approximate surface area is 122 Å². The zero-order valence-electron chi connectivity index (χ0n) is 12.7. The third-order valence-electron chi connectivity index (χ3n) is 3.07. The molecule has 0 heterocycles. The number of methoxy groups -OCH3 is 2. The van der Waals surface area contributed by atoms with Gasteiger partial charge in [0.15, 0.2) is 0 Å². The van der Waals surface area contributed by atoms with Crippen LogP contribution in [-0.2, 0) is 15.9 Å². The number of benzene rings is 1. The van der Waals surface area contributed by atoms with Crippen LogP contribution in [0.25, 0.3) is 0 Å². The first-order valence-electron chi connectivity index (χ1n) is 7.27. The van der Waals surface area contributed by atoms with E-state index in [1.165, 1.54) is 5.56 Å². The van der Waals surface area contributed by atoms with E-state index in [0.29, 0.717) is 13.2 Å². The fraction of sp³-hybridized carbons (Fsp3) is 0.625. The highest BCUT2D eigenvalue weighted by Gasteiger charge is 1.95. The molecule has 0 amide bonds. The van der Waals surface area contributed by atoms with E-state index in [4.69, 9.17) is 14.2 Å². The van der Waals surface area contributed by atoms with Gasteiger partial charge in [-0.1, -0.05) is 12.1 Å². The van der Waals surface area contributed by atoms with Gasteiger partial charge in [0.1, 0.15) is 5.75 Å². The quantitative estimate of drug-likeness (QED) is 0.597. The molecule has 1 aromatic carbocycles. The van der Waals surface area contributed by atoms with Gasteiger partial charge in [0, 0.05) is 13.7 Å². The second kappa shape index (κ2) is 11.7. The molecule has 1 rings (SSSR count). The molecule has 1 aromatic rings. The summed E-state index contributed by atoms with van der Waals surface area (Å²) in [4.78, 5) is 0. The summed E-state index contributed by atoms with van der Waals surface area (Å²) in [6, 6.07) is 8.24. The molecule has 0 fully saturated rings. The summed E-state index contributed by atoms with van der Waals surface area (Å²) in [5.41, 5.74) is 1.33. The van der Waals surface area contributed by atoms with Crippen LogP contribution in [-0.4, -0.2) is 47.1 Å². The third kappa shape index (κ3) is 8.15. The Morgan fingerprint density at radius 2 is 1.70 bits per heavy atom. The van der Waals surface area contributed by atoms with Crippen molar-refractivity contribution in [3.8, 4) is 5.75 Å². The number of ether oxygens (including phenoxy) is 3. The summed E-state index contributed by atoms with van der Waals surface area (Å²) in [5, 5.41) is 3.45. The summed E-state index contributed by atoms with van der Waals surface area (Å²) in [7, 11) is 3.38. The number of rotatable bonds is 12. The lowest BCUT2D eigenvalue weighted by Crippen LogP contribution is -2.19. The van der Waals surface area contributed by atoms with Crippen molar-refractivity contribution in [2.24, 2.45) is 0 Å². The van der Waals surface area contributed by atoms with E-state index < -0.39 is 0 Å². The molecule has 0 aliphatic rings. The number of nitrogens with one attached hydrogen (secondary N) is 1. The molecule has 114 valence electrons. The predicted octanol–water partition coefficient (Wildman–Crippen LogP) is 2.27. The van der Waals surface area contributed by atoms with Crippen molar-refractivity contribution in [2.75, 3.05) is 47.1 Å². The van der Waals surface area contributed by atoms with Gasteiger partial charge >= 0.3 is 0 Å². The van der Waals surface area contributed by atoms with Crippen molar-refractivity contribution in [1.29, 1.82) is 0 Å². The fourth-order valence-electron chi connectivity index (χ4n) is 1.85. The van der Waals surface area contributed by atoms with Crippen molar-refractivity contribution in [3.05, 3.63) is 29.8 Å². The fourth-order valence-corrected chi connectivity index (χ4v) is 1.85. The van der Waals surface area contributed by atoms with Gasteiger partial charge in [-0.05, 0) is 50.0 Å². The van der Waals surface area contributed by atoms with Gasteiger partial charge in [-0.3, -0.25) is 0 Å². The Morgan fingerprint density at radius 3 is 2.40 bits per heavy atom. The maximum absolute atomic E-state index is 5.41. The maximum Gasteiger partial charge on any atom is 0.118 e. The maximum atomic E-state index is 5.41. The summed E-state index contributed by atoms with van der Waals surface area (Å²) >= 11 is 0. The SMILES string of the molecule is COCCOCCCCNCCc1ccc(OC)cc1. The summed E-state index contributed by atoms with van der Waals surface area (Å²) < 4.78 is 15.5. The predicted molar refractivity (Wildman–Crippen MR) is 81.5 cm³/mol. The molecule has 1 N–H and O–H groups in total. The van der Waals surface area contributed by atoms with Crippen LogP contribution in [0, 0.1) is 0 Å². The number of unbranched alkanes of at least 4 members (excludes halogenated alkanes) is 1. The van der Waals surface area contributed by atoms with Crippen LogP contribution >= 0.6 is 0 Å². The summed E-state index contributed by atoms with van der Waals surface area (Å²) in [6.07, 6.45) is 3.29. The van der Waals surface area contributed by atoms with Crippen LogP contribution < -0.4 is 10.1 Å². The summed E-state index contributed by atoms with van der Waals surface area (Å²) in [5.74, 6) is 0.912. The highest BCUT2D eigenvalue weighted by atomic mass is 16.5. The van der Waals surface area contributed by atoms with Gasteiger partial charge in [-0.25, -0.2) is 0 Å². The van der Waals surface area contributed by atoms with E-state index in [0.717, 1.165) is 44.7 Å². The molecule has 0 radical (unpaired) electrons. The first-order valence-corrected chi connectivity index (χ1v) is 7.27. The smallest absolute Gasteiger partial charge is 0.118 e. The van der Waals surface area contributed by atoms with Crippen LogP contribution in [0.2, 0.25) is 0 Å². The van der Waals surface area contributed by atoms with Crippen molar-refractivity contribution in [2.45, 2.75) is 19.3 Å². The van der Waals surface area contributed by atoms with E-state index in [9.17, 15) is 0 Å². The van der Waals surface area contributed by atoms with Gasteiger partial charge in [0.2, 0.25) is 0 Å². The Hall–Kier alpha value is -1.10. The number of hydrogen-bond acceptors (Lipinski definition) is 4. The first-order chi connectivity index (χ1) is 9.86. The van der Waals surface area contributed by atoms with Crippen LogP contribution in [0.15, 0.2) is 24.3 Å². The first kappa shape index (κ1) is 17.0. The average Bonchev–Trinajstić information content (AvgIpc) is 2.50. The normalized spacial score (nSPS) is 10.7. The van der Waals surface area contributed by atoms with Crippen LogP contribution in [0.5, 0.6) is 5.75 Å². The topological polar surface area (TPSA) is 39.7 Å². The van der Waals surface area contributed by atoms with Crippen molar-refractivity contribution in [3.63, 3.8) is 0 Å². The largest absolute Gasteiger partial charge is 0.497 e. The molecule has 0 spiro atoms. The van der Waals surface area contributed by atoms with Gasteiger partial charge in [-0.15, -0.1) is 0 Å². The summed E-state index contributed by atoms with van der Waals surface area (Å²) in [6.45, 7) is 4.26. The standard InChI is InChI=1S/C16H27NO3/c1-18-13-14-20-12-4-3-10-17-11-9-15-5-7-16(19-2)8-6-15/h5-8,17H,3-4,9-14H2,1-2H3. The molecule has 0 saturated carbocycles. The Kier molecular flexibility index (Phi) is 9.92. The second-order valence-electron chi connectivity index (χ2n) is 4.66. The lowest BCUT2D eigenvalue weighted by atomic mass is 10.1. The molecule has 0 atom stereocenters. The van der Waals surface area contributed by atoms with Crippen LogP contribution in [0.4, 0.5) is 0 Å². The van der Waals surface area contributed by atoms with E-state index in [1.807, 2.05) is 12.1 Å². The Bertz CT molecular complexity index is 327. The van der Waals surface area contributed by atoms with E-state index in [-0.39, 0.29) is 0 Å². The molecular weight excluding hydrogens is 254 g/mol. The minimum absolute atomic E-state index is 0.681. The highest BCUT2D eigenvalue weighted by molar-refractivity contribution is 5.27. The van der Waals surface area contributed by atoms with Gasteiger partial charge < -0.3 is 19.5 Å². The number of hydrogen-bond donors (Lipinski definition) is 1. The minimum atomic E-state index is 0.681. The Balaban J connectivity index is 1.91. The van der Waals surface area contributed by atoms with Gasteiger partial charge in [-0.2, -0.15) is 0 Å².